The summed E-state index contributed by atoms with van der Waals surface area (Å²) in [5, 5.41) is 0. The number of methoxy groups -OCH3 is 2. The number of halogens is 1. The number of hydrogen-bond donors (Lipinski definition) is 1. The Bertz CT molecular complexity index is 809. The van der Waals surface area contributed by atoms with Crippen molar-refractivity contribution in [3.63, 3.8) is 0 Å². The summed E-state index contributed by atoms with van der Waals surface area (Å²) in [6.45, 7) is 2.36. The maximum Gasteiger partial charge on any atom is 0.241 e. The van der Waals surface area contributed by atoms with Crippen molar-refractivity contribution in [2.24, 2.45) is 0 Å². The van der Waals surface area contributed by atoms with Crippen LogP contribution in [0.1, 0.15) is 24.8 Å². The van der Waals surface area contributed by atoms with E-state index in [2.05, 4.69) is 20.7 Å². The van der Waals surface area contributed by atoms with Crippen molar-refractivity contribution in [2.75, 3.05) is 20.8 Å². The maximum absolute atomic E-state index is 12.7. The molecule has 0 radical (unpaired) electrons. The van der Waals surface area contributed by atoms with Gasteiger partial charge in [0.05, 0.1) is 14.2 Å². The molecule has 0 amide bonds. The van der Waals surface area contributed by atoms with Gasteiger partial charge < -0.3 is 9.47 Å². The van der Waals surface area contributed by atoms with E-state index in [0.717, 1.165) is 12.0 Å². The minimum absolute atomic E-state index is 0.106. The molecule has 1 N–H and O–H groups in total. The third-order valence-corrected chi connectivity index (χ3v) is 6.39. The second-order valence-electron chi connectivity index (χ2n) is 5.51. The van der Waals surface area contributed by atoms with Gasteiger partial charge in [0.15, 0.2) is 11.5 Å². The lowest BCUT2D eigenvalue weighted by molar-refractivity contribution is 0.353. The molecule has 5 nitrogen and oxygen atoms in total. The maximum atomic E-state index is 12.7. The Balaban J connectivity index is 2.24. The fraction of sp³-hybridized carbons (Fsp3) is 0.333. The second-order valence-corrected chi connectivity index (χ2v) is 8.10. The Labute approximate surface area is 157 Å². The summed E-state index contributed by atoms with van der Waals surface area (Å²) in [7, 11) is -0.721. The van der Waals surface area contributed by atoms with E-state index in [1.165, 1.54) is 20.3 Å². The summed E-state index contributed by atoms with van der Waals surface area (Å²) in [4.78, 5) is 0.119. The van der Waals surface area contributed by atoms with Crippen LogP contribution in [0, 0.1) is 0 Å². The normalized spacial score (nSPS) is 12.6. The molecule has 0 saturated carbocycles. The zero-order chi connectivity index (χ0) is 18.4. The van der Waals surface area contributed by atoms with E-state index in [1.807, 2.05) is 37.3 Å². The molecule has 0 spiro atoms. The average Bonchev–Trinajstić information content (AvgIpc) is 2.62. The molecule has 0 aliphatic carbocycles. The van der Waals surface area contributed by atoms with E-state index in [4.69, 9.17) is 9.47 Å². The van der Waals surface area contributed by atoms with Crippen LogP contribution in [0.5, 0.6) is 11.5 Å². The molecular formula is C18H22BrNO4S. The Morgan fingerprint density at radius 2 is 1.68 bits per heavy atom. The third kappa shape index (κ3) is 4.74. The van der Waals surface area contributed by atoms with Crippen molar-refractivity contribution < 1.29 is 17.9 Å². The number of ether oxygens (including phenoxy) is 2. The highest BCUT2D eigenvalue weighted by molar-refractivity contribution is 9.10. The smallest absolute Gasteiger partial charge is 0.241 e. The fourth-order valence-electron chi connectivity index (χ4n) is 2.55. The molecule has 0 fully saturated rings. The van der Waals surface area contributed by atoms with Gasteiger partial charge in [-0.25, -0.2) is 13.1 Å². The van der Waals surface area contributed by atoms with E-state index < -0.39 is 10.0 Å². The summed E-state index contributed by atoms with van der Waals surface area (Å²) in [5.41, 5.74) is 1.11. The molecule has 0 heterocycles. The molecular weight excluding hydrogens is 406 g/mol. The molecule has 7 heteroatoms. The van der Waals surface area contributed by atoms with E-state index in [-0.39, 0.29) is 10.8 Å². The van der Waals surface area contributed by atoms with Crippen LogP contribution < -0.4 is 14.2 Å². The van der Waals surface area contributed by atoms with Gasteiger partial charge in [0.2, 0.25) is 10.0 Å². The minimum atomic E-state index is -3.69. The van der Waals surface area contributed by atoms with Crippen LogP contribution >= 0.6 is 15.9 Å². The van der Waals surface area contributed by atoms with Gasteiger partial charge in [0.1, 0.15) is 4.90 Å². The van der Waals surface area contributed by atoms with Crippen molar-refractivity contribution >= 4 is 26.0 Å². The van der Waals surface area contributed by atoms with E-state index >= 15 is 0 Å². The molecule has 1 unspecified atom stereocenters. The quantitative estimate of drug-likeness (QED) is 0.692. The van der Waals surface area contributed by atoms with E-state index in [0.29, 0.717) is 22.5 Å². The van der Waals surface area contributed by atoms with Gasteiger partial charge in [-0.3, -0.25) is 0 Å². The van der Waals surface area contributed by atoms with Crippen molar-refractivity contribution in [2.45, 2.75) is 24.2 Å². The highest BCUT2D eigenvalue weighted by Gasteiger charge is 2.22. The van der Waals surface area contributed by atoms with Gasteiger partial charge in [0.25, 0.3) is 0 Å². The number of nitrogens with one attached hydrogen (secondary N) is 1. The van der Waals surface area contributed by atoms with Gasteiger partial charge in [-0.2, -0.15) is 0 Å². The van der Waals surface area contributed by atoms with Crippen molar-refractivity contribution in [1.82, 2.24) is 4.72 Å². The first kappa shape index (κ1) is 19.8. The van der Waals surface area contributed by atoms with Crippen LogP contribution in [-0.2, 0) is 10.0 Å². The van der Waals surface area contributed by atoms with Crippen LogP contribution in [0.4, 0.5) is 0 Å². The number of benzene rings is 2. The lowest BCUT2D eigenvalue weighted by Gasteiger charge is -2.17. The lowest BCUT2D eigenvalue weighted by Crippen LogP contribution is -2.28. The Kier molecular flexibility index (Phi) is 6.87. The van der Waals surface area contributed by atoms with Crippen molar-refractivity contribution in [3.8, 4) is 11.5 Å². The van der Waals surface area contributed by atoms with Crippen molar-refractivity contribution in [1.29, 1.82) is 0 Å². The Hall–Kier alpha value is -1.57. The lowest BCUT2D eigenvalue weighted by atomic mass is 9.97. The molecule has 0 aromatic heterocycles. The molecule has 2 aromatic carbocycles. The highest BCUT2D eigenvalue weighted by atomic mass is 79.9. The zero-order valence-electron chi connectivity index (χ0n) is 14.5. The monoisotopic (exact) mass is 427 g/mol. The van der Waals surface area contributed by atoms with Gasteiger partial charge in [-0.05, 0) is 39.9 Å². The van der Waals surface area contributed by atoms with Gasteiger partial charge in [0, 0.05) is 17.1 Å². The predicted molar refractivity (Wildman–Crippen MR) is 102 cm³/mol. The molecule has 136 valence electrons. The van der Waals surface area contributed by atoms with Crippen molar-refractivity contribution in [3.05, 3.63) is 52.5 Å². The molecule has 2 aromatic rings. The molecule has 0 bridgehead atoms. The van der Waals surface area contributed by atoms with Crippen LogP contribution in [0.3, 0.4) is 0 Å². The average molecular weight is 428 g/mol. The van der Waals surface area contributed by atoms with Crippen LogP contribution in [0.25, 0.3) is 0 Å². The number of rotatable bonds is 8. The summed E-state index contributed by atoms with van der Waals surface area (Å²) in [6, 6.07) is 12.9. The highest BCUT2D eigenvalue weighted by Crippen LogP contribution is 2.35. The first-order chi connectivity index (χ1) is 11.9. The number of sulfonamides is 1. The van der Waals surface area contributed by atoms with E-state index in [1.54, 1.807) is 6.07 Å². The standard InChI is InChI=1S/C18H22BrNO4S/c1-4-13(14-8-6-5-7-9-14)12-20-25(21,22)18-11-17(24-3)16(23-2)10-15(18)19/h5-11,13,20H,4,12H2,1-3H3. The minimum Gasteiger partial charge on any atom is -0.493 e. The summed E-state index contributed by atoms with van der Waals surface area (Å²) >= 11 is 3.30. The third-order valence-electron chi connectivity index (χ3n) is 4.01. The molecule has 2 rings (SSSR count). The predicted octanol–water partition coefficient (Wildman–Crippen LogP) is 3.94. The van der Waals surface area contributed by atoms with Crippen LogP contribution in [0.15, 0.2) is 51.8 Å². The number of hydrogen-bond acceptors (Lipinski definition) is 4. The van der Waals surface area contributed by atoms with Crippen LogP contribution in [-0.4, -0.2) is 29.2 Å². The molecule has 0 aliphatic rings. The first-order valence-electron chi connectivity index (χ1n) is 7.89. The summed E-state index contributed by atoms with van der Waals surface area (Å²) < 4.78 is 39.0. The molecule has 0 aliphatic heterocycles. The van der Waals surface area contributed by atoms with Gasteiger partial charge >= 0.3 is 0 Å². The topological polar surface area (TPSA) is 64.6 Å². The molecule has 0 saturated heterocycles. The molecule has 1 atom stereocenters. The second kappa shape index (κ2) is 8.69. The summed E-state index contributed by atoms with van der Waals surface area (Å²) in [6.07, 6.45) is 0.833. The SMILES string of the molecule is CCC(CNS(=O)(=O)c1cc(OC)c(OC)cc1Br)c1ccccc1. The van der Waals surface area contributed by atoms with Gasteiger partial charge in [-0.15, -0.1) is 0 Å². The molecule has 25 heavy (non-hydrogen) atoms. The van der Waals surface area contributed by atoms with Crippen LogP contribution in [0.2, 0.25) is 0 Å². The summed E-state index contributed by atoms with van der Waals surface area (Å²) in [5.74, 6) is 0.931. The first-order valence-corrected chi connectivity index (χ1v) is 10.2. The zero-order valence-corrected chi connectivity index (χ0v) is 16.9. The largest absolute Gasteiger partial charge is 0.493 e. The van der Waals surface area contributed by atoms with E-state index in [9.17, 15) is 8.42 Å². The van der Waals surface area contributed by atoms with Gasteiger partial charge in [-0.1, -0.05) is 37.3 Å². The Morgan fingerprint density at radius 3 is 2.24 bits per heavy atom. The Morgan fingerprint density at radius 1 is 1.08 bits per heavy atom. The fourth-order valence-corrected chi connectivity index (χ4v) is 4.67.